The number of ether oxygens (including phenoxy) is 1. The van der Waals surface area contributed by atoms with E-state index in [1.165, 1.54) is 6.07 Å². The Hall–Kier alpha value is -4.64. The molecule has 5 nitrogen and oxygen atoms in total. The Kier molecular flexibility index (Phi) is 8.50. The van der Waals surface area contributed by atoms with E-state index in [9.17, 15) is 14.7 Å². The summed E-state index contributed by atoms with van der Waals surface area (Å²) in [6.07, 6.45) is 1.59. The lowest BCUT2D eigenvalue weighted by Crippen LogP contribution is -2.25. The van der Waals surface area contributed by atoms with E-state index in [4.69, 9.17) is 4.74 Å². The van der Waals surface area contributed by atoms with Crippen LogP contribution in [0, 0.1) is 0 Å². The highest BCUT2D eigenvalue weighted by Gasteiger charge is 2.16. The molecular formula is C32H29NO4. The van der Waals surface area contributed by atoms with Crippen LogP contribution in [-0.4, -0.2) is 23.4 Å². The molecule has 186 valence electrons. The molecule has 0 radical (unpaired) electrons. The predicted octanol–water partition coefficient (Wildman–Crippen LogP) is 6.43. The van der Waals surface area contributed by atoms with Crippen LogP contribution < -0.4 is 10.1 Å². The van der Waals surface area contributed by atoms with Crippen molar-refractivity contribution < 1.29 is 19.4 Å². The highest BCUT2D eigenvalue weighted by atomic mass is 16.5. The molecule has 0 aliphatic carbocycles. The number of rotatable bonds is 10. The molecule has 4 rings (SSSR count). The van der Waals surface area contributed by atoms with Gasteiger partial charge in [-0.3, -0.25) is 9.59 Å². The molecule has 0 aliphatic heterocycles. The SMILES string of the molecule is CCOc1cc(/C=C(\CC(=O)c2ccc(-c3ccccc3)cc2)C(=O)NCc2ccccc2)ccc1O. The normalized spacial score (nSPS) is 11.1. The summed E-state index contributed by atoms with van der Waals surface area (Å²) in [5, 5.41) is 13.0. The molecule has 0 saturated carbocycles. The van der Waals surface area contributed by atoms with Crippen LogP contribution in [0.2, 0.25) is 0 Å². The van der Waals surface area contributed by atoms with Crippen LogP contribution in [0.3, 0.4) is 0 Å². The molecule has 4 aromatic carbocycles. The standard InChI is InChI=1S/C32H29NO4/c1-2-37-31-20-24(13-18-29(31)34)19-28(32(36)33-22-23-9-5-3-6-10-23)21-30(35)27-16-14-26(15-17-27)25-11-7-4-8-12-25/h3-20,34H,2,21-22H2,1H3,(H,33,36)/b28-19+. The van der Waals surface area contributed by atoms with Gasteiger partial charge in [0.2, 0.25) is 5.91 Å². The van der Waals surface area contributed by atoms with Crippen molar-refractivity contribution in [3.05, 3.63) is 125 Å². The number of phenols is 1. The molecule has 0 unspecified atom stereocenters. The van der Waals surface area contributed by atoms with Crippen molar-refractivity contribution in [2.45, 2.75) is 19.9 Å². The minimum Gasteiger partial charge on any atom is -0.504 e. The van der Waals surface area contributed by atoms with Gasteiger partial charge in [-0.05, 0) is 47.4 Å². The number of Topliss-reactive ketones (excluding diaryl/α,β-unsaturated/α-hetero) is 1. The van der Waals surface area contributed by atoms with Crippen LogP contribution in [-0.2, 0) is 11.3 Å². The molecule has 0 saturated heterocycles. The number of carbonyl (C=O) groups excluding carboxylic acids is 2. The number of phenolic OH excluding ortho intramolecular Hbond substituents is 1. The Morgan fingerprint density at radius 3 is 2.16 bits per heavy atom. The van der Waals surface area contributed by atoms with E-state index >= 15 is 0 Å². The van der Waals surface area contributed by atoms with Gasteiger partial charge in [-0.1, -0.05) is 91.0 Å². The van der Waals surface area contributed by atoms with Crippen molar-refractivity contribution in [2.75, 3.05) is 6.61 Å². The molecule has 0 aromatic heterocycles. The fourth-order valence-corrected chi connectivity index (χ4v) is 3.94. The molecule has 0 spiro atoms. The Morgan fingerprint density at radius 2 is 1.49 bits per heavy atom. The zero-order chi connectivity index (χ0) is 26.0. The van der Waals surface area contributed by atoms with E-state index in [-0.39, 0.29) is 23.9 Å². The van der Waals surface area contributed by atoms with Crippen LogP contribution in [0.1, 0.15) is 34.8 Å². The summed E-state index contributed by atoms with van der Waals surface area (Å²) in [5.41, 5.74) is 4.55. The van der Waals surface area contributed by atoms with Gasteiger partial charge in [0.05, 0.1) is 6.61 Å². The van der Waals surface area contributed by atoms with Crippen molar-refractivity contribution >= 4 is 17.8 Å². The van der Waals surface area contributed by atoms with Gasteiger partial charge in [0, 0.05) is 24.1 Å². The number of nitrogens with one attached hydrogen (secondary N) is 1. The average Bonchev–Trinajstić information content (AvgIpc) is 2.94. The van der Waals surface area contributed by atoms with E-state index in [0.717, 1.165) is 16.7 Å². The molecule has 0 atom stereocenters. The fraction of sp³-hybridized carbons (Fsp3) is 0.125. The monoisotopic (exact) mass is 491 g/mol. The summed E-state index contributed by atoms with van der Waals surface area (Å²) in [6.45, 7) is 2.56. The molecule has 37 heavy (non-hydrogen) atoms. The molecule has 1 amide bonds. The zero-order valence-electron chi connectivity index (χ0n) is 20.7. The van der Waals surface area contributed by atoms with E-state index in [2.05, 4.69) is 5.32 Å². The highest BCUT2D eigenvalue weighted by molar-refractivity contribution is 6.07. The second kappa shape index (κ2) is 12.4. The Bertz CT molecular complexity index is 1380. The third-order valence-corrected chi connectivity index (χ3v) is 5.88. The number of amides is 1. The summed E-state index contributed by atoms with van der Waals surface area (Å²) in [4.78, 5) is 26.4. The van der Waals surface area contributed by atoms with E-state index in [1.807, 2.05) is 79.7 Å². The smallest absolute Gasteiger partial charge is 0.247 e. The third kappa shape index (κ3) is 6.95. The Balaban J connectivity index is 1.57. The molecule has 0 heterocycles. The summed E-state index contributed by atoms with van der Waals surface area (Å²) in [6, 6.07) is 31.8. The average molecular weight is 492 g/mol. The first kappa shape index (κ1) is 25.5. The summed E-state index contributed by atoms with van der Waals surface area (Å²) >= 11 is 0. The van der Waals surface area contributed by atoms with Gasteiger partial charge >= 0.3 is 0 Å². The van der Waals surface area contributed by atoms with Gasteiger partial charge in [0.15, 0.2) is 17.3 Å². The zero-order valence-corrected chi connectivity index (χ0v) is 20.7. The molecule has 2 N–H and O–H groups in total. The lowest BCUT2D eigenvalue weighted by atomic mass is 9.98. The molecule has 5 heteroatoms. The van der Waals surface area contributed by atoms with E-state index in [1.54, 1.807) is 30.3 Å². The first-order chi connectivity index (χ1) is 18.0. The van der Waals surface area contributed by atoms with Crippen molar-refractivity contribution in [3.8, 4) is 22.6 Å². The van der Waals surface area contributed by atoms with Gasteiger partial charge in [0.1, 0.15) is 0 Å². The van der Waals surface area contributed by atoms with Crippen molar-refractivity contribution in [3.63, 3.8) is 0 Å². The number of hydrogen-bond donors (Lipinski definition) is 2. The van der Waals surface area contributed by atoms with Crippen LogP contribution in [0.5, 0.6) is 11.5 Å². The summed E-state index contributed by atoms with van der Waals surface area (Å²) < 4.78 is 5.48. The van der Waals surface area contributed by atoms with Gasteiger partial charge < -0.3 is 15.2 Å². The highest BCUT2D eigenvalue weighted by Crippen LogP contribution is 2.28. The number of benzene rings is 4. The van der Waals surface area contributed by atoms with E-state index < -0.39 is 0 Å². The molecule has 0 bridgehead atoms. The third-order valence-electron chi connectivity index (χ3n) is 5.88. The summed E-state index contributed by atoms with van der Waals surface area (Å²) in [5.74, 6) is -0.152. The lowest BCUT2D eigenvalue weighted by Gasteiger charge is -2.11. The van der Waals surface area contributed by atoms with E-state index in [0.29, 0.717) is 35.6 Å². The van der Waals surface area contributed by atoms with Gasteiger partial charge in [-0.25, -0.2) is 0 Å². The quantitative estimate of drug-likeness (QED) is 0.198. The Labute approximate surface area is 217 Å². The number of ketones is 1. The number of aromatic hydroxyl groups is 1. The maximum absolute atomic E-state index is 13.2. The molecule has 4 aromatic rings. The molecular weight excluding hydrogens is 462 g/mol. The minimum atomic E-state index is -0.329. The van der Waals surface area contributed by atoms with Crippen LogP contribution in [0.15, 0.2) is 109 Å². The first-order valence-electron chi connectivity index (χ1n) is 12.2. The van der Waals surface area contributed by atoms with Crippen LogP contribution >= 0.6 is 0 Å². The number of carbonyl (C=O) groups is 2. The predicted molar refractivity (Wildman–Crippen MR) is 146 cm³/mol. The first-order valence-corrected chi connectivity index (χ1v) is 12.2. The van der Waals surface area contributed by atoms with Crippen LogP contribution in [0.4, 0.5) is 0 Å². The molecule has 0 aliphatic rings. The van der Waals surface area contributed by atoms with Crippen molar-refractivity contribution in [1.29, 1.82) is 0 Å². The number of hydrogen-bond acceptors (Lipinski definition) is 4. The Morgan fingerprint density at radius 1 is 0.838 bits per heavy atom. The van der Waals surface area contributed by atoms with Crippen LogP contribution in [0.25, 0.3) is 17.2 Å². The van der Waals surface area contributed by atoms with Gasteiger partial charge in [-0.15, -0.1) is 0 Å². The second-order valence-corrected chi connectivity index (χ2v) is 8.54. The maximum Gasteiger partial charge on any atom is 0.247 e. The second-order valence-electron chi connectivity index (χ2n) is 8.54. The van der Waals surface area contributed by atoms with Crippen molar-refractivity contribution in [1.82, 2.24) is 5.32 Å². The maximum atomic E-state index is 13.2. The summed E-state index contributed by atoms with van der Waals surface area (Å²) in [7, 11) is 0. The minimum absolute atomic E-state index is 0.0173. The van der Waals surface area contributed by atoms with Gasteiger partial charge in [0.25, 0.3) is 0 Å². The van der Waals surface area contributed by atoms with Crippen molar-refractivity contribution in [2.24, 2.45) is 0 Å². The molecule has 0 fully saturated rings. The largest absolute Gasteiger partial charge is 0.504 e. The topological polar surface area (TPSA) is 75.6 Å². The lowest BCUT2D eigenvalue weighted by molar-refractivity contribution is -0.117. The fourth-order valence-electron chi connectivity index (χ4n) is 3.94. The van der Waals surface area contributed by atoms with Gasteiger partial charge in [-0.2, -0.15) is 0 Å².